The summed E-state index contributed by atoms with van der Waals surface area (Å²) in [5, 5.41) is 2.85. The molecule has 1 aliphatic heterocycles. The van der Waals surface area contributed by atoms with Gasteiger partial charge in [0.15, 0.2) is 0 Å². The van der Waals surface area contributed by atoms with Crippen LogP contribution in [0.5, 0.6) is 0 Å². The quantitative estimate of drug-likeness (QED) is 0.831. The van der Waals surface area contributed by atoms with E-state index in [9.17, 15) is 4.79 Å². The number of nitrogens with one attached hydrogen (secondary N) is 1. The van der Waals surface area contributed by atoms with Gasteiger partial charge in [0.05, 0.1) is 6.04 Å². The number of hydrogen-bond acceptors (Lipinski definition) is 3. The first-order valence-electron chi connectivity index (χ1n) is 6.47. The molecule has 1 aromatic rings. The summed E-state index contributed by atoms with van der Waals surface area (Å²) in [7, 11) is 0. The molecule has 0 fully saturated rings. The largest absolute Gasteiger partial charge is 0.367 e. The molecule has 1 heterocycles. The highest BCUT2D eigenvalue weighted by molar-refractivity contribution is 5.81. The van der Waals surface area contributed by atoms with Gasteiger partial charge >= 0.3 is 0 Å². The van der Waals surface area contributed by atoms with Crippen molar-refractivity contribution >= 4 is 11.6 Å². The highest BCUT2D eigenvalue weighted by Gasteiger charge is 2.24. The van der Waals surface area contributed by atoms with Crippen LogP contribution < -0.4 is 16.0 Å². The average Bonchev–Trinajstić information content (AvgIpc) is 2.65. The van der Waals surface area contributed by atoms with Crippen LogP contribution in [0.4, 0.5) is 5.69 Å². The molecule has 1 amide bonds. The van der Waals surface area contributed by atoms with Crippen LogP contribution in [0.15, 0.2) is 24.3 Å². The molecular weight excluding hydrogens is 226 g/mol. The van der Waals surface area contributed by atoms with Crippen molar-refractivity contribution in [3.05, 3.63) is 29.8 Å². The Morgan fingerprint density at radius 1 is 1.56 bits per heavy atom. The number of anilines is 1. The van der Waals surface area contributed by atoms with Crippen LogP contribution in [-0.4, -0.2) is 31.1 Å². The average molecular weight is 247 g/mol. The molecule has 1 aliphatic rings. The van der Waals surface area contributed by atoms with E-state index in [2.05, 4.69) is 41.4 Å². The molecule has 2 unspecified atom stereocenters. The minimum Gasteiger partial charge on any atom is -0.367 e. The highest BCUT2D eigenvalue weighted by Crippen LogP contribution is 2.30. The summed E-state index contributed by atoms with van der Waals surface area (Å²) in [6, 6.07) is 8.51. The van der Waals surface area contributed by atoms with Gasteiger partial charge in [0.1, 0.15) is 0 Å². The molecule has 0 bridgehead atoms. The Balaban J connectivity index is 1.92. The fraction of sp³-hybridized carbons (Fsp3) is 0.500. The van der Waals surface area contributed by atoms with Gasteiger partial charge in [-0.2, -0.15) is 0 Å². The molecule has 0 saturated carbocycles. The zero-order chi connectivity index (χ0) is 13.1. The number of hydrogen-bond donors (Lipinski definition) is 2. The number of para-hydroxylation sites is 1. The second kappa shape index (κ2) is 5.40. The van der Waals surface area contributed by atoms with Gasteiger partial charge in [-0.3, -0.25) is 4.79 Å². The first kappa shape index (κ1) is 12.9. The molecule has 0 aromatic heterocycles. The second-order valence-electron chi connectivity index (χ2n) is 4.95. The maximum Gasteiger partial charge on any atom is 0.236 e. The summed E-state index contributed by atoms with van der Waals surface area (Å²) in [5.41, 5.74) is 8.19. The molecule has 1 aromatic carbocycles. The van der Waals surface area contributed by atoms with Gasteiger partial charge in [-0.1, -0.05) is 18.2 Å². The molecular formula is C14H21N3O. The van der Waals surface area contributed by atoms with Gasteiger partial charge in [-0.05, 0) is 31.9 Å². The smallest absolute Gasteiger partial charge is 0.236 e. The maximum absolute atomic E-state index is 11.4. The summed E-state index contributed by atoms with van der Waals surface area (Å²) in [6.45, 7) is 5.38. The number of benzene rings is 1. The molecule has 4 nitrogen and oxygen atoms in total. The van der Waals surface area contributed by atoms with E-state index in [0.29, 0.717) is 12.6 Å². The molecule has 0 radical (unpaired) electrons. The fourth-order valence-corrected chi connectivity index (χ4v) is 2.43. The third kappa shape index (κ3) is 2.64. The second-order valence-corrected chi connectivity index (χ2v) is 4.95. The SMILES string of the molecule is CC(N)C(=O)NCCN1c2ccccc2CC1C. The van der Waals surface area contributed by atoms with E-state index in [-0.39, 0.29) is 5.91 Å². The molecule has 0 spiro atoms. The van der Waals surface area contributed by atoms with Crippen molar-refractivity contribution in [1.29, 1.82) is 0 Å². The van der Waals surface area contributed by atoms with E-state index in [0.717, 1.165) is 13.0 Å². The normalized spacial score (nSPS) is 19.5. The molecule has 98 valence electrons. The predicted octanol–water partition coefficient (Wildman–Crippen LogP) is 0.901. The summed E-state index contributed by atoms with van der Waals surface area (Å²) in [5.74, 6) is -0.0878. The lowest BCUT2D eigenvalue weighted by Gasteiger charge is -2.25. The van der Waals surface area contributed by atoms with Crippen molar-refractivity contribution in [3.8, 4) is 0 Å². The van der Waals surface area contributed by atoms with Gasteiger partial charge in [0, 0.05) is 24.8 Å². The van der Waals surface area contributed by atoms with Crippen LogP contribution in [0.25, 0.3) is 0 Å². The lowest BCUT2D eigenvalue weighted by molar-refractivity contribution is -0.121. The summed E-state index contributed by atoms with van der Waals surface area (Å²) >= 11 is 0. The molecule has 4 heteroatoms. The van der Waals surface area contributed by atoms with Crippen LogP contribution >= 0.6 is 0 Å². The van der Waals surface area contributed by atoms with Crippen LogP contribution in [-0.2, 0) is 11.2 Å². The van der Waals surface area contributed by atoms with Crippen LogP contribution in [0, 0.1) is 0 Å². The van der Waals surface area contributed by atoms with Gasteiger partial charge < -0.3 is 16.0 Å². The zero-order valence-electron chi connectivity index (χ0n) is 11.0. The Hall–Kier alpha value is -1.55. The first-order chi connectivity index (χ1) is 8.59. The van der Waals surface area contributed by atoms with E-state index in [1.54, 1.807) is 6.92 Å². The Kier molecular flexibility index (Phi) is 3.87. The third-order valence-corrected chi connectivity index (χ3v) is 3.41. The van der Waals surface area contributed by atoms with Crippen molar-refractivity contribution < 1.29 is 4.79 Å². The molecule has 18 heavy (non-hydrogen) atoms. The first-order valence-corrected chi connectivity index (χ1v) is 6.47. The summed E-state index contributed by atoms with van der Waals surface area (Å²) in [4.78, 5) is 13.7. The summed E-state index contributed by atoms with van der Waals surface area (Å²) < 4.78 is 0. The Morgan fingerprint density at radius 3 is 3.00 bits per heavy atom. The number of rotatable bonds is 4. The monoisotopic (exact) mass is 247 g/mol. The lowest BCUT2D eigenvalue weighted by Crippen LogP contribution is -2.43. The number of carbonyl (C=O) groups excluding carboxylic acids is 1. The number of fused-ring (bicyclic) bond motifs is 1. The summed E-state index contributed by atoms with van der Waals surface area (Å²) in [6.07, 6.45) is 1.08. The number of nitrogens with two attached hydrogens (primary N) is 1. The highest BCUT2D eigenvalue weighted by atomic mass is 16.2. The van der Waals surface area contributed by atoms with Gasteiger partial charge in [0.2, 0.25) is 5.91 Å². The lowest BCUT2D eigenvalue weighted by atomic mass is 10.1. The van der Waals surface area contributed by atoms with E-state index >= 15 is 0 Å². The van der Waals surface area contributed by atoms with E-state index < -0.39 is 6.04 Å². The van der Waals surface area contributed by atoms with Crippen LogP contribution in [0.1, 0.15) is 19.4 Å². The number of amides is 1. The van der Waals surface area contributed by atoms with E-state index in [1.807, 2.05) is 0 Å². The van der Waals surface area contributed by atoms with Gasteiger partial charge in [-0.25, -0.2) is 0 Å². The van der Waals surface area contributed by atoms with Crippen LogP contribution in [0.3, 0.4) is 0 Å². The Bertz CT molecular complexity index is 431. The van der Waals surface area contributed by atoms with Crippen molar-refractivity contribution in [2.24, 2.45) is 5.73 Å². The van der Waals surface area contributed by atoms with Crippen molar-refractivity contribution in [3.63, 3.8) is 0 Å². The Morgan fingerprint density at radius 2 is 2.28 bits per heavy atom. The molecule has 3 N–H and O–H groups in total. The van der Waals surface area contributed by atoms with Crippen molar-refractivity contribution in [2.75, 3.05) is 18.0 Å². The molecule has 2 atom stereocenters. The fourth-order valence-electron chi connectivity index (χ4n) is 2.43. The molecule has 0 saturated heterocycles. The maximum atomic E-state index is 11.4. The van der Waals surface area contributed by atoms with Gasteiger partial charge in [-0.15, -0.1) is 0 Å². The number of nitrogens with zero attached hydrogens (tertiary/aromatic N) is 1. The van der Waals surface area contributed by atoms with Crippen molar-refractivity contribution in [2.45, 2.75) is 32.4 Å². The topological polar surface area (TPSA) is 58.4 Å². The molecule has 2 rings (SSSR count). The van der Waals surface area contributed by atoms with Crippen LogP contribution in [0.2, 0.25) is 0 Å². The van der Waals surface area contributed by atoms with Gasteiger partial charge in [0.25, 0.3) is 0 Å². The minimum atomic E-state index is -0.437. The van der Waals surface area contributed by atoms with E-state index in [1.165, 1.54) is 11.3 Å². The van der Waals surface area contributed by atoms with E-state index in [4.69, 9.17) is 5.73 Å². The minimum absolute atomic E-state index is 0.0878. The predicted molar refractivity (Wildman–Crippen MR) is 73.6 cm³/mol. The standard InChI is InChI=1S/C14H21N3O/c1-10-9-12-5-3-4-6-13(12)17(10)8-7-16-14(18)11(2)15/h3-6,10-11H,7-9,15H2,1-2H3,(H,16,18). The zero-order valence-corrected chi connectivity index (χ0v) is 11.0. The molecule has 0 aliphatic carbocycles. The Labute approximate surface area is 108 Å². The number of carbonyl (C=O) groups is 1. The van der Waals surface area contributed by atoms with Crippen molar-refractivity contribution in [1.82, 2.24) is 5.32 Å². The third-order valence-electron chi connectivity index (χ3n) is 3.41.